The van der Waals surface area contributed by atoms with Gasteiger partial charge < -0.3 is 30.9 Å². The molecule has 10 heteroatoms. The maximum atomic E-state index is 13.0. The zero-order valence-corrected chi connectivity index (χ0v) is 21.8. The quantitative estimate of drug-likeness (QED) is 0.339. The maximum Gasteiger partial charge on any atom is 0.255 e. The minimum absolute atomic E-state index is 0.0229. The molecule has 0 spiro atoms. The van der Waals surface area contributed by atoms with Gasteiger partial charge in [-0.3, -0.25) is 9.59 Å². The van der Waals surface area contributed by atoms with Gasteiger partial charge in [0.15, 0.2) is 0 Å². The molecule has 202 valence electrons. The lowest BCUT2D eigenvalue weighted by atomic mass is 9.91. The highest BCUT2D eigenvalue weighted by Gasteiger charge is 2.27. The number of amides is 2. The molecule has 1 saturated carbocycles. The SMILES string of the molecule is CC(C)(O)COc1ccc2c(C(=O)NC3CCC(Oc4cc(C5CNC5)ccc4C(N)=O)CC3)cnn2c1. The van der Waals surface area contributed by atoms with Gasteiger partial charge in [-0.1, -0.05) is 6.07 Å². The summed E-state index contributed by atoms with van der Waals surface area (Å²) in [7, 11) is 0. The van der Waals surface area contributed by atoms with Gasteiger partial charge in [0.2, 0.25) is 0 Å². The molecule has 1 aliphatic heterocycles. The predicted octanol–water partition coefficient (Wildman–Crippen LogP) is 2.39. The van der Waals surface area contributed by atoms with Gasteiger partial charge in [-0.05, 0) is 69.4 Å². The lowest BCUT2D eigenvalue weighted by Crippen LogP contribution is -2.40. The van der Waals surface area contributed by atoms with E-state index in [1.165, 1.54) is 0 Å². The molecule has 2 amide bonds. The number of carbonyl (C=O) groups is 2. The van der Waals surface area contributed by atoms with Gasteiger partial charge in [0, 0.05) is 25.0 Å². The van der Waals surface area contributed by atoms with Crippen LogP contribution in [0.2, 0.25) is 0 Å². The molecule has 10 nitrogen and oxygen atoms in total. The Labute approximate surface area is 221 Å². The molecule has 3 aromatic rings. The Balaban J connectivity index is 1.17. The Morgan fingerprint density at radius 1 is 1.16 bits per heavy atom. The molecule has 0 atom stereocenters. The van der Waals surface area contributed by atoms with E-state index in [4.69, 9.17) is 15.2 Å². The number of primary amides is 1. The van der Waals surface area contributed by atoms with Crippen LogP contribution in [0.5, 0.6) is 11.5 Å². The summed E-state index contributed by atoms with van der Waals surface area (Å²) < 4.78 is 13.5. The van der Waals surface area contributed by atoms with Crippen molar-refractivity contribution in [1.29, 1.82) is 0 Å². The van der Waals surface area contributed by atoms with Crippen molar-refractivity contribution in [2.45, 2.75) is 63.2 Å². The van der Waals surface area contributed by atoms with Crippen LogP contribution in [0.1, 0.15) is 71.7 Å². The molecule has 0 unspecified atom stereocenters. The molecule has 0 radical (unpaired) electrons. The monoisotopic (exact) mass is 521 g/mol. The number of aliphatic hydroxyl groups is 1. The predicted molar refractivity (Wildman–Crippen MR) is 142 cm³/mol. The maximum absolute atomic E-state index is 13.0. The van der Waals surface area contributed by atoms with Gasteiger partial charge in [-0.15, -0.1) is 0 Å². The first-order valence-corrected chi connectivity index (χ1v) is 13.1. The summed E-state index contributed by atoms with van der Waals surface area (Å²) in [6.45, 7) is 5.33. The van der Waals surface area contributed by atoms with Crippen LogP contribution in [0.3, 0.4) is 0 Å². The molecule has 0 bridgehead atoms. The number of hydrogen-bond donors (Lipinski definition) is 4. The van der Waals surface area contributed by atoms with Gasteiger partial charge in [0.1, 0.15) is 18.1 Å². The van der Waals surface area contributed by atoms with E-state index >= 15 is 0 Å². The lowest BCUT2D eigenvalue weighted by Gasteiger charge is -2.31. The van der Waals surface area contributed by atoms with E-state index in [-0.39, 0.29) is 24.7 Å². The molecule has 5 N–H and O–H groups in total. The first-order valence-electron chi connectivity index (χ1n) is 13.1. The summed E-state index contributed by atoms with van der Waals surface area (Å²) in [5.41, 5.74) is 7.36. The Bertz CT molecular complexity index is 1320. The zero-order chi connectivity index (χ0) is 26.9. The summed E-state index contributed by atoms with van der Waals surface area (Å²) >= 11 is 0. The fourth-order valence-corrected chi connectivity index (χ4v) is 4.87. The zero-order valence-electron chi connectivity index (χ0n) is 21.8. The second-order valence-electron chi connectivity index (χ2n) is 10.9. The molecule has 1 aromatic carbocycles. The molecule has 1 saturated heterocycles. The van der Waals surface area contributed by atoms with Gasteiger partial charge in [-0.25, -0.2) is 4.52 Å². The fourth-order valence-electron chi connectivity index (χ4n) is 4.87. The van der Waals surface area contributed by atoms with E-state index in [0.29, 0.717) is 34.1 Å². The summed E-state index contributed by atoms with van der Waals surface area (Å²) in [6.07, 6.45) is 6.25. The van der Waals surface area contributed by atoms with Crippen molar-refractivity contribution in [1.82, 2.24) is 20.2 Å². The number of benzene rings is 1. The average molecular weight is 522 g/mol. The highest BCUT2D eigenvalue weighted by atomic mass is 16.5. The van der Waals surface area contributed by atoms with Crippen molar-refractivity contribution >= 4 is 17.3 Å². The smallest absolute Gasteiger partial charge is 0.255 e. The van der Waals surface area contributed by atoms with Crippen molar-refractivity contribution in [2.75, 3.05) is 19.7 Å². The van der Waals surface area contributed by atoms with Crippen LogP contribution >= 0.6 is 0 Å². The Morgan fingerprint density at radius 2 is 1.92 bits per heavy atom. The third-order valence-electron chi connectivity index (χ3n) is 7.15. The lowest BCUT2D eigenvalue weighted by molar-refractivity contribution is 0.0283. The number of aromatic nitrogens is 2. The van der Waals surface area contributed by atoms with Crippen LogP contribution < -0.4 is 25.8 Å². The Morgan fingerprint density at radius 3 is 2.58 bits per heavy atom. The van der Waals surface area contributed by atoms with E-state index in [1.54, 1.807) is 49.0 Å². The standard InChI is InChI=1S/C28H35N5O5/c1-28(2,36)16-37-21-8-10-24-23(14-31-33(24)15-21)27(35)32-19-4-6-20(7-5-19)38-25-11-17(18-12-30-13-18)3-9-22(25)26(29)34/h3,8-11,14-15,18-20,30,36H,4-7,12-13,16H2,1-2H3,(H2,29,34)(H,32,35). The van der Waals surface area contributed by atoms with Crippen molar-refractivity contribution < 1.29 is 24.2 Å². The molecule has 3 heterocycles. The third kappa shape index (κ3) is 5.92. The number of carbonyl (C=O) groups excluding carboxylic acids is 2. The first-order chi connectivity index (χ1) is 18.2. The second-order valence-corrected chi connectivity index (χ2v) is 10.9. The van der Waals surface area contributed by atoms with Gasteiger partial charge in [0.05, 0.1) is 40.7 Å². The summed E-state index contributed by atoms with van der Waals surface area (Å²) in [4.78, 5) is 25.0. The van der Waals surface area contributed by atoms with Crippen LogP contribution in [-0.4, -0.2) is 64.0 Å². The van der Waals surface area contributed by atoms with Crippen LogP contribution in [0.4, 0.5) is 0 Å². The number of nitrogens with two attached hydrogens (primary N) is 1. The molecule has 1 aliphatic carbocycles. The normalized spacial score (nSPS) is 20.1. The average Bonchev–Trinajstić information content (AvgIpc) is 3.26. The van der Waals surface area contributed by atoms with Crippen molar-refractivity contribution in [2.24, 2.45) is 5.73 Å². The highest BCUT2D eigenvalue weighted by Crippen LogP contribution is 2.31. The van der Waals surface area contributed by atoms with Gasteiger partial charge >= 0.3 is 0 Å². The number of fused-ring (bicyclic) bond motifs is 1. The second kappa shape index (κ2) is 10.6. The molecule has 5 rings (SSSR count). The molecule has 2 fully saturated rings. The van der Waals surface area contributed by atoms with E-state index in [1.807, 2.05) is 12.1 Å². The molecule has 38 heavy (non-hydrogen) atoms. The number of pyridine rings is 1. The summed E-state index contributed by atoms with van der Waals surface area (Å²) in [5.74, 6) is 0.863. The fraction of sp³-hybridized carbons (Fsp3) is 0.464. The van der Waals surface area contributed by atoms with E-state index in [0.717, 1.165) is 44.3 Å². The molecular weight excluding hydrogens is 486 g/mol. The highest BCUT2D eigenvalue weighted by molar-refractivity contribution is 6.00. The number of rotatable bonds is 9. The van der Waals surface area contributed by atoms with Crippen LogP contribution in [0.15, 0.2) is 42.7 Å². The largest absolute Gasteiger partial charge is 0.490 e. The Kier molecular flexibility index (Phi) is 7.27. The van der Waals surface area contributed by atoms with Crippen molar-refractivity contribution in [3.8, 4) is 11.5 Å². The minimum atomic E-state index is -0.948. The molecular formula is C28H35N5O5. The number of nitrogens with zero attached hydrogens (tertiary/aromatic N) is 2. The van der Waals surface area contributed by atoms with Crippen LogP contribution in [-0.2, 0) is 0 Å². The Hall–Kier alpha value is -3.63. The van der Waals surface area contributed by atoms with E-state index in [2.05, 4.69) is 15.7 Å². The number of nitrogens with one attached hydrogen (secondary N) is 2. The van der Waals surface area contributed by atoms with Crippen LogP contribution in [0, 0.1) is 0 Å². The van der Waals surface area contributed by atoms with Crippen molar-refractivity contribution in [3.63, 3.8) is 0 Å². The van der Waals surface area contributed by atoms with Gasteiger partial charge in [0.25, 0.3) is 11.8 Å². The minimum Gasteiger partial charge on any atom is -0.490 e. The summed E-state index contributed by atoms with van der Waals surface area (Å²) in [5, 5.41) is 20.6. The van der Waals surface area contributed by atoms with Crippen molar-refractivity contribution in [3.05, 3.63) is 59.4 Å². The number of ether oxygens (including phenoxy) is 2. The van der Waals surface area contributed by atoms with E-state index in [9.17, 15) is 14.7 Å². The summed E-state index contributed by atoms with van der Waals surface area (Å²) in [6, 6.07) is 9.24. The molecule has 2 aromatic heterocycles. The van der Waals surface area contributed by atoms with E-state index < -0.39 is 11.5 Å². The third-order valence-corrected chi connectivity index (χ3v) is 7.15. The topological polar surface area (TPSA) is 140 Å². The number of hydrogen-bond acceptors (Lipinski definition) is 7. The first kappa shape index (κ1) is 26.0. The van der Waals surface area contributed by atoms with Gasteiger partial charge in [-0.2, -0.15) is 5.10 Å². The van der Waals surface area contributed by atoms with Crippen LogP contribution in [0.25, 0.3) is 5.52 Å². The molecule has 2 aliphatic rings.